The average Bonchev–Trinajstić information content (AvgIpc) is 2.53. The molecule has 2 aromatic carbocycles. The molecule has 0 aromatic heterocycles. The Labute approximate surface area is 133 Å². The zero-order valence-corrected chi connectivity index (χ0v) is 12.4. The molecule has 2 rings (SSSR count). The van der Waals surface area contributed by atoms with Crippen LogP contribution in [0.2, 0.25) is 0 Å². The third-order valence-corrected chi connectivity index (χ3v) is 3.09. The summed E-state index contributed by atoms with van der Waals surface area (Å²) in [6.07, 6.45) is 0.219. The highest BCUT2D eigenvalue weighted by molar-refractivity contribution is 6.00. The average molecular weight is 311 g/mol. The third kappa shape index (κ3) is 5.28. The number of anilines is 2. The number of nitrogens with two attached hydrogens (primary N) is 1. The quantitative estimate of drug-likeness (QED) is 0.715. The van der Waals surface area contributed by atoms with E-state index in [9.17, 15) is 14.4 Å². The lowest BCUT2D eigenvalue weighted by atomic mass is 10.1. The standard InChI is InChI=1S/C17H17N3O3/c18-17(23)20-14-8-4-7-13(11-14)19-16(22)10-9-15(21)12-5-2-1-3-6-12/h1-8,11H,9-10H2,(H,19,22)(H3,18,20,23). The molecule has 0 radical (unpaired) electrons. The van der Waals surface area contributed by atoms with Crippen LogP contribution in [0.25, 0.3) is 0 Å². The van der Waals surface area contributed by atoms with Crippen LogP contribution < -0.4 is 16.4 Å². The number of ketones is 1. The molecule has 0 aliphatic carbocycles. The number of urea groups is 1. The lowest BCUT2D eigenvalue weighted by molar-refractivity contribution is -0.116. The van der Waals surface area contributed by atoms with Gasteiger partial charge in [0.25, 0.3) is 0 Å². The zero-order chi connectivity index (χ0) is 16.7. The molecule has 23 heavy (non-hydrogen) atoms. The molecule has 2 aromatic rings. The number of benzene rings is 2. The van der Waals surface area contributed by atoms with Crippen LogP contribution in [0.15, 0.2) is 54.6 Å². The van der Waals surface area contributed by atoms with Crippen LogP contribution in [0.5, 0.6) is 0 Å². The molecule has 0 aliphatic heterocycles. The van der Waals surface area contributed by atoms with Crippen molar-refractivity contribution in [1.82, 2.24) is 0 Å². The smallest absolute Gasteiger partial charge is 0.316 e. The summed E-state index contributed by atoms with van der Waals surface area (Å²) in [7, 11) is 0. The topological polar surface area (TPSA) is 101 Å². The fourth-order valence-corrected chi connectivity index (χ4v) is 2.04. The van der Waals surface area contributed by atoms with Crippen LogP contribution in [0.3, 0.4) is 0 Å². The van der Waals surface area contributed by atoms with Crippen LogP contribution in [-0.4, -0.2) is 17.7 Å². The summed E-state index contributed by atoms with van der Waals surface area (Å²) in [4.78, 5) is 34.6. The van der Waals surface area contributed by atoms with Gasteiger partial charge in [-0.25, -0.2) is 4.79 Å². The van der Waals surface area contributed by atoms with E-state index in [0.717, 1.165) is 0 Å². The van der Waals surface area contributed by atoms with E-state index in [2.05, 4.69) is 10.6 Å². The number of primary amides is 1. The molecule has 0 heterocycles. The van der Waals surface area contributed by atoms with E-state index in [1.54, 1.807) is 48.5 Å². The van der Waals surface area contributed by atoms with Crippen molar-refractivity contribution in [2.45, 2.75) is 12.8 Å². The van der Waals surface area contributed by atoms with Crippen molar-refractivity contribution in [1.29, 1.82) is 0 Å². The van der Waals surface area contributed by atoms with Crippen molar-refractivity contribution in [2.75, 3.05) is 10.6 Å². The number of rotatable bonds is 6. The highest BCUT2D eigenvalue weighted by Gasteiger charge is 2.09. The molecule has 118 valence electrons. The molecule has 4 N–H and O–H groups in total. The Morgan fingerprint density at radius 1 is 0.826 bits per heavy atom. The van der Waals surface area contributed by atoms with E-state index >= 15 is 0 Å². The van der Waals surface area contributed by atoms with Gasteiger partial charge in [0.2, 0.25) is 5.91 Å². The minimum absolute atomic E-state index is 0.0788. The first-order valence-corrected chi connectivity index (χ1v) is 7.09. The van der Waals surface area contributed by atoms with Gasteiger partial charge in [-0.05, 0) is 18.2 Å². The molecule has 3 amide bonds. The molecule has 0 saturated carbocycles. The molecular weight excluding hydrogens is 294 g/mol. The van der Waals surface area contributed by atoms with Crippen LogP contribution in [0.4, 0.5) is 16.2 Å². The number of carbonyl (C=O) groups excluding carboxylic acids is 3. The normalized spacial score (nSPS) is 9.91. The SMILES string of the molecule is NC(=O)Nc1cccc(NC(=O)CCC(=O)c2ccccc2)c1. The van der Waals surface area contributed by atoms with Gasteiger partial charge in [0.1, 0.15) is 0 Å². The van der Waals surface area contributed by atoms with Gasteiger partial charge >= 0.3 is 6.03 Å². The van der Waals surface area contributed by atoms with Crippen molar-refractivity contribution in [3.05, 3.63) is 60.2 Å². The predicted octanol–water partition coefficient (Wildman–Crippen LogP) is 2.78. The summed E-state index contributed by atoms with van der Waals surface area (Å²) in [5, 5.41) is 5.10. The first-order valence-electron chi connectivity index (χ1n) is 7.09. The number of carbonyl (C=O) groups is 3. The summed E-state index contributed by atoms with van der Waals surface area (Å²) in [6.45, 7) is 0. The highest BCUT2D eigenvalue weighted by Crippen LogP contribution is 2.15. The maximum absolute atomic E-state index is 11.9. The van der Waals surface area contributed by atoms with E-state index in [0.29, 0.717) is 16.9 Å². The van der Waals surface area contributed by atoms with Gasteiger partial charge in [-0.3, -0.25) is 9.59 Å². The van der Waals surface area contributed by atoms with E-state index in [4.69, 9.17) is 5.73 Å². The molecule has 6 nitrogen and oxygen atoms in total. The molecule has 0 atom stereocenters. The van der Waals surface area contributed by atoms with E-state index < -0.39 is 6.03 Å². The maximum Gasteiger partial charge on any atom is 0.316 e. The number of hydrogen-bond donors (Lipinski definition) is 3. The van der Waals surface area contributed by atoms with Gasteiger partial charge in [0.05, 0.1) is 0 Å². The van der Waals surface area contributed by atoms with Crippen molar-refractivity contribution in [3.63, 3.8) is 0 Å². The monoisotopic (exact) mass is 311 g/mol. The van der Waals surface area contributed by atoms with Crippen molar-refractivity contribution < 1.29 is 14.4 Å². The first-order chi connectivity index (χ1) is 11.0. The first kappa shape index (κ1) is 16.2. The molecule has 0 bridgehead atoms. The maximum atomic E-state index is 11.9. The second kappa shape index (κ2) is 7.74. The summed E-state index contributed by atoms with van der Waals surface area (Å²) in [5.41, 5.74) is 6.63. The lowest BCUT2D eigenvalue weighted by Gasteiger charge is -2.07. The van der Waals surface area contributed by atoms with Crippen molar-refractivity contribution >= 4 is 29.1 Å². The summed E-state index contributed by atoms with van der Waals surface area (Å²) in [5.74, 6) is -0.351. The fourth-order valence-electron chi connectivity index (χ4n) is 2.04. The molecule has 0 unspecified atom stereocenters. The second-order valence-corrected chi connectivity index (χ2v) is 4.91. The summed E-state index contributed by atoms with van der Waals surface area (Å²) >= 11 is 0. The van der Waals surface area contributed by atoms with Crippen molar-refractivity contribution in [2.24, 2.45) is 5.73 Å². The Morgan fingerprint density at radius 3 is 2.13 bits per heavy atom. The predicted molar refractivity (Wildman–Crippen MR) is 88.3 cm³/mol. The number of nitrogens with one attached hydrogen (secondary N) is 2. The lowest BCUT2D eigenvalue weighted by Crippen LogP contribution is -2.19. The van der Waals surface area contributed by atoms with Gasteiger partial charge in [0, 0.05) is 29.8 Å². The van der Waals surface area contributed by atoms with E-state index in [1.807, 2.05) is 6.07 Å². The highest BCUT2D eigenvalue weighted by atomic mass is 16.2. The molecule has 0 spiro atoms. The van der Waals surface area contributed by atoms with Gasteiger partial charge in [-0.2, -0.15) is 0 Å². The van der Waals surface area contributed by atoms with Crippen LogP contribution >= 0.6 is 0 Å². The molecular formula is C17H17N3O3. The van der Waals surface area contributed by atoms with Crippen LogP contribution in [-0.2, 0) is 4.79 Å². The molecule has 6 heteroatoms. The third-order valence-electron chi connectivity index (χ3n) is 3.09. The van der Waals surface area contributed by atoms with E-state index in [1.165, 1.54) is 0 Å². The Balaban J connectivity index is 1.87. The van der Waals surface area contributed by atoms with Gasteiger partial charge in [-0.15, -0.1) is 0 Å². The fraction of sp³-hybridized carbons (Fsp3) is 0.118. The Morgan fingerprint density at radius 2 is 1.48 bits per heavy atom. The van der Waals surface area contributed by atoms with Crippen LogP contribution in [0, 0.1) is 0 Å². The largest absolute Gasteiger partial charge is 0.351 e. The van der Waals surface area contributed by atoms with E-state index in [-0.39, 0.29) is 24.5 Å². The minimum Gasteiger partial charge on any atom is -0.351 e. The van der Waals surface area contributed by atoms with Crippen molar-refractivity contribution in [3.8, 4) is 0 Å². The van der Waals surface area contributed by atoms with Gasteiger partial charge in [0.15, 0.2) is 5.78 Å². The van der Waals surface area contributed by atoms with Crippen LogP contribution in [0.1, 0.15) is 23.2 Å². The Bertz CT molecular complexity index is 714. The van der Waals surface area contributed by atoms with Gasteiger partial charge < -0.3 is 16.4 Å². The number of hydrogen-bond acceptors (Lipinski definition) is 3. The molecule has 0 fully saturated rings. The van der Waals surface area contributed by atoms with Gasteiger partial charge in [-0.1, -0.05) is 36.4 Å². The number of amides is 3. The molecule has 0 saturated heterocycles. The Kier molecular flexibility index (Phi) is 5.46. The molecule has 0 aliphatic rings. The zero-order valence-electron chi connectivity index (χ0n) is 12.4. The minimum atomic E-state index is -0.679. The summed E-state index contributed by atoms with van der Waals surface area (Å²) < 4.78 is 0. The Hall–Kier alpha value is -3.15. The summed E-state index contributed by atoms with van der Waals surface area (Å²) in [6, 6.07) is 14.8. The second-order valence-electron chi connectivity index (χ2n) is 4.91. The number of Topliss-reactive ketones (excluding diaryl/α,β-unsaturated/α-hetero) is 1.